The van der Waals surface area contributed by atoms with E-state index in [1.54, 1.807) is 4.57 Å². The molecule has 1 heterocycles. The largest absolute Gasteiger partial charge is 0.381 e. The van der Waals surface area contributed by atoms with E-state index < -0.39 is 0 Å². The third kappa shape index (κ3) is 6.37. The van der Waals surface area contributed by atoms with Gasteiger partial charge in [-0.1, -0.05) is 60.2 Å². The van der Waals surface area contributed by atoms with Gasteiger partial charge in [0.05, 0.1) is 6.61 Å². The number of amides is 1. The summed E-state index contributed by atoms with van der Waals surface area (Å²) in [6, 6.07) is 18.2. The van der Waals surface area contributed by atoms with Crippen molar-refractivity contribution in [1.29, 1.82) is 0 Å². The first-order valence-electron chi connectivity index (χ1n) is 9.74. The van der Waals surface area contributed by atoms with Crippen LogP contribution in [0.1, 0.15) is 17.5 Å². The molecule has 2 N–H and O–H groups in total. The van der Waals surface area contributed by atoms with Crippen LogP contribution in [0.5, 0.6) is 0 Å². The molecule has 0 aliphatic rings. The number of nitrogens with one attached hydrogen (secondary N) is 2. The Kier molecular flexibility index (Phi) is 7.72. The lowest BCUT2D eigenvalue weighted by atomic mass is 10.1. The normalized spacial score (nSPS) is 10.8. The van der Waals surface area contributed by atoms with Crippen LogP contribution in [0.4, 0.5) is 0 Å². The molecule has 7 heteroatoms. The smallest absolute Gasteiger partial charge is 0.240 e. The predicted molar refractivity (Wildman–Crippen MR) is 116 cm³/mol. The molecule has 0 radical (unpaired) electrons. The Bertz CT molecular complexity index is 964. The molecule has 6 nitrogen and oxygen atoms in total. The highest BCUT2D eigenvalue weighted by Crippen LogP contribution is 2.17. The number of aromatic nitrogens is 3. The van der Waals surface area contributed by atoms with Crippen molar-refractivity contribution in [2.24, 2.45) is 0 Å². The lowest BCUT2D eigenvalue weighted by molar-refractivity contribution is -0.121. The van der Waals surface area contributed by atoms with E-state index in [-0.39, 0.29) is 12.5 Å². The first-order chi connectivity index (χ1) is 14.1. The summed E-state index contributed by atoms with van der Waals surface area (Å²) in [6.45, 7) is 4.03. The third-order valence-corrected chi connectivity index (χ3v) is 4.85. The van der Waals surface area contributed by atoms with Crippen molar-refractivity contribution in [3.63, 3.8) is 0 Å². The zero-order valence-electron chi connectivity index (χ0n) is 16.6. The topological polar surface area (TPSA) is 71.9 Å². The second-order valence-electron chi connectivity index (χ2n) is 6.86. The van der Waals surface area contributed by atoms with E-state index in [4.69, 9.17) is 17.0 Å². The van der Waals surface area contributed by atoms with Crippen molar-refractivity contribution >= 4 is 18.1 Å². The number of hydrogen-bond acceptors (Lipinski definition) is 4. The second-order valence-corrected chi connectivity index (χ2v) is 7.24. The summed E-state index contributed by atoms with van der Waals surface area (Å²) in [5.41, 5.74) is 3.35. The minimum absolute atomic E-state index is 0.0971. The summed E-state index contributed by atoms with van der Waals surface area (Å²) < 4.78 is 7.79. The summed E-state index contributed by atoms with van der Waals surface area (Å²) in [5.74, 6) is 0.564. The lowest BCUT2D eigenvalue weighted by Crippen LogP contribution is -2.29. The highest BCUT2D eigenvalue weighted by atomic mass is 32.1. The molecule has 1 aromatic heterocycles. The van der Waals surface area contributed by atoms with E-state index in [1.807, 2.05) is 49.4 Å². The van der Waals surface area contributed by atoms with Crippen molar-refractivity contribution in [3.05, 3.63) is 70.5 Å². The van der Waals surface area contributed by atoms with Crippen molar-refractivity contribution in [3.8, 4) is 11.4 Å². The molecule has 0 aliphatic heterocycles. The van der Waals surface area contributed by atoms with Gasteiger partial charge in [0.1, 0.15) is 6.54 Å². The molecule has 0 spiro atoms. The molecule has 2 aromatic carbocycles. The van der Waals surface area contributed by atoms with Gasteiger partial charge >= 0.3 is 0 Å². The van der Waals surface area contributed by atoms with Crippen LogP contribution in [0.2, 0.25) is 0 Å². The summed E-state index contributed by atoms with van der Waals surface area (Å²) in [4.78, 5) is 12.3. The number of nitrogens with zero attached hydrogens (tertiary/aromatic N) is 2. The summed E-state index contributed by atoms with van der Waals surface area (Å²) in [5, 5.41) is 9.96. The highest BCUT2D eigenvalue weighted by Gasteiger charge is 2.12. The van der Waals surface area contributed by atoms with Gasteiger partial charge in [-0.05, 0) is 37.5 Å². The summed E-state index contributed by atoms with van der Waals surface area (Å²) >= 11 is 5.29. The van der Waals surface area contributed by atoms with Gasteiger partial charge < -0.3 is 10.1 Å². The van der Waals surface area contributed by atoms with Gasteiger partial charge in [0.15, 0.2) is 10.6 Å². The van der Waals surface area contributed by atoms with E-state index in [0.29, 0.717) is 30.4 Å². The molecular formula is C22H26N4O2S. The van der Waals surface area contributed by atoms with Gasteiger partial charge in [0, 0.05) is 18.7 Å². The molecule has 3 rings (SSSR count). The SMILES string of the molecule is Cc1ccc(-c2n[nH]c(=S)n2CC(=O)NCCCOCCc2ccccc2)cc1. The molecule has 0 saturated heterocycles. The number of hydrogen-bond donors (Lipinski definition) is 2. The Hall–Kier alpha value is -2.77. The Morgan fingerprint density at radius 1 is 1.14 bits per heavy atom. The van der Waals surface area contributed by atoms with E-state index in [0.717, 1.165) is 24.0 Å². The number of benzene rings is 2. The van der Waals surface area contributed by atoms with Gasteiger partial charge in [-0.15, -0.1) is 0 Å². The van der Waals surface area contributed by atoms with E-state index in [1.165, 1.54) is 5.56 Å². The minimum atomic E-state index is -0.0971. The van der Waals surface area contributed by atoms with Crippen LogP contribution in [0.15, 0.2) is 54.6 Å². The Morgan fingerprint density at radius 3 is 2.66 bits per heavy atom. The maximum absolute atomic E-state index is 12.3. The fourth-order valence-electron chi connectivity index (χ4n) is 2.93. The highest BCUT2D eigenvalue weighted by molar-refractivity contribution is 7.71. The van der Waals surface area contributed by atoms with E-state index in [2.05, 4.69) is 27.6 Å². The molecule has 3 aromatic rings. The number of aromatic amines is 1. The Labute approximate surface area is 175 Å². The summed E-state index contributed by atoms with van der Waals surface area (Å²) in [7, 11) is 0. The van der Waals surface area contributed by atoms with Crippen LogP contribution in [0.3, 0.4) is 0 Å². The molecule has 0 fully saturated rings. The first-order valence-corrected chi connectivity index (χ1v) is 10.1. The van der Waals surface area contributed by atoms with Crippen LogP contribution < -0.4 is 5.32 Å². The Balaban J connectivity index is 1.39. The molecule has 0 bridgehead atoms. The predicted octanol–water partition coefficient (Wildman–Crippen LogP) is 3.68. The number of ether oxygens (including phenoxy) is 1. The maximum atomic E-state index is 12.3. The average molecular weight is 411 g/mol. The number of rotatable bonds is 10. The average Bonchev–Trinajstić information content (AvgIpc) is 3.09. The molecule has 0 atom stereocenters. The fraction of sp³-hybridized carbons (Fsp3) is 0.318. The van der Waals surface area contributed by atoms with E-state index in [9.17, 15) is 4.79 Å². The second kappa shape index (κ2) is 10.7. The van der Waals surface area contributed by atoms with Crippen LogP contribution in [0, 0.1) is 11.7 Å². The van der Waals surface area contributed by atoms with Gasteiger partial charge in [0.2, 0.25) is 5.91 Å². The first kappa shape index (κ1) is 21.0. The van der Waals surface area contributed by atoms with E-state index >= 15 is 0 Å². The quantitative estimate of drug-likeness (QED) is 0.395. The van der Waals surface area contributed by atoms with Crippen LogP contribution in [-0.4, -0.2) is 40.4 Å². The molecule has 0 aliphatic carbocycles. The van der Waals surface area contributed by atoms with Crippen molar-refractivity contribution in [2.75, 3.05) is 19.8 Å². The number of H-pyrrole nitrogens is 1. The van der Waals surface area contributed by atoms with Crippen LogP contribution in [0.25, 0.3) is 11.4 Å². The number of carbonyl (C=O) groups excluding carboxylic acids is 1. The van der Waals surface area contributed by atoms with Crippen molar-refractivity contribution < 1.29 is 9.53 Å². The van der Waals surface area contributed by atoms with Crippen LogP contribution in [-0.2, 0) is 22.5 Å². The van der Waals surface area contributed by atoms with Gasteiger partial charge in [0.25, 0.3) is 0 Å². The molecule has 152 valence electrons. The van der Waals surface area contributed by atoms with Crippen molar-refractivity contribution in [1.82, 2.24) is 20.1 Å². The fourth-order valence-corrected chi connectivity index (χ4v) is 3.12. The number of carbonyl (C=O) groups is 1. The minimum Gasteiger partial charge on any atom is -0.381 e. The zero-order valence-corrected chi connectivity index (χ0v) is 17.4. The molecular weight excluding hydrogens is 384 g/mol. The zero-order chi connectivity index (χ0) is 20.5. The van der Waals surface area contributed by atoms with Gasteiger partial charge in [-0.3, -0.25) is 14.5 Å². The lowest BCUT2D eigenvalue weighted by Gasteiger charge is -2.09. The number of aryl methyl sites for hydroxylation is 1. The molecule has 0 saturated carbocycles. The third-order valence-electron chi connectivity index (χ3n) is 4.54. The monoisotopic (exact) mass is 410 g/mol. The van der Waals surface area contributed by atoms with Crippen molar-refractivity contribution in [2.45, 2.75) is 26.3 Å². The molecule has 1 amide bonds. The van der Waals surface area contributed by atoms with Gasteiger partial charge in [-0.2, -0.15) is 5.10 Å². The molecule has 0 unspecified atom stereocenters. The van der Waals surface area contributed by atoms with Gasteiger partial charge in [-0.25, -0.2) is 0 Å². The summed E-state index contributed by atoms with van der Waals surface area (Å²) in [6.07, 6.45) is 1.66. The standard InChI is InChI=1S/C22H26N4O2S/c1-17-8-10-19(11-9-17)21-24-25-22(29)26(21)16-20(27)23-13-5-14-28-15-12-18-6-3-2-4-7-18/h2-4,6-11H,5,12-16H2,1H3,(H,23,27)(H,25,29). The Morgan fingerprint density at radius 2 is 1.90 bits per heavy atom. The molecule has 29 heavy (non-hydrogen) atoms. The maximum Gasteiger partial charge on any atom is 0.240 e. The van der Waals surface area contributed by atoms with Crippen LogP contribution >= 0.6 is 12.2 Å².